The van der Waals surface area contributed by atoms with Crippen molar-refractivity contribution in [3.05, 3.63) is 29.8 Å². The maximum atomic E-state index is 12.1. The molecule has 4 nitrogen and oxygen atoms in total. The quantitative estimate of drug-likeness (QED) is 0.842. The molecule has 0 radical (unpaired) electrons. The molecule has 0 aliphatic carbocycles. The van der Waals surface area contributed by atoms with Gasteiger partial charge in [-0.1, -0.05) is 25.1 Å². The third-order valence-corrected chi connectivity index (χ3v) is 3.39. The van der Waals surface area contributed by atoms with E-state index in [4.69, 9.17) is 4.74 Å². The van der Waals surface area contributed by atoms with Crippen LogP contribution in [0.2, 0.25) is 0 Å². The third kappa shape index (κ3) is 4.53. The van der Waals surface area contributed by atoms with E-state index in [1.165, 1.54) is 0 Å². The predicted molar refractivity (Wildman–Crippen MR) is 79.7 cm³/mol. The summed E-state index contributed by atoms with van der Waals surface area (Å²) in [7, 11) is 0. The lowest BCUT2D eigenvalue weighted by Gasteiger charge is -2.27. The van der Waals surface area contributed by atoms with Gasteiger partial charge in [0.1, 0.15) is 5.75 Å². The molecule has 0 fully saturated rings. The van der Waals surface area contributed by atoms with Crippen LogP contribution in [0.25, 0.3) is 0 Å². The molecule has 0 heterocycles. The minimum Gasteiger partial charge on any atom is -0.481 e. The summed E-state index contributed by atoms with van der Waals surface area (Å²) in [5.74, 6) is 0.386. The van der Waals surface area contributed by atoms with E-state index < -0.39 is 12.2 Å². The first-order valence-corrected chi connectivity index (χ1v) is 7.02. The van der Waals surface area contributed by atoms with E-state index in [0.717, 1.165) is 6.42 Å². The van der Waals surface area contributed by atoms with Crippen molar-refractivity contribution in [1.82, 2.24) is 5.32 Å². The second-order valence-electron chi connectivity index (χ2n) is 5.70. The summed E-state index contributed by atoms with van der Waals surface area (Å²) in [6, 6.07) is 7.21. The number of rotatable bonds is 6. The number of nitrogens with one attached hydrogen (secondary N) is 1. The van der Waals surface area contributed by atoms with Gasteiger partial charge in [0.15, 0.2) is 6.10 Å². The van der Waals surface area contributed by atoms with Crippen molar-refractivity contribution in [1.29, 1.82) is 0 Å². The lowest BCUT2D eigenvalue weighted by molar-refractivity contribution is -0.129. The van der Waals surface area contributed by atoms with E-state index in [2.05, 4.69) is 5.32 Å². The smallest absolute Gasteiger partial charge is 0.261 e. The summed E-state index contributed by atoms with van der Waals surface area (Å²) in [6.07, 6.45) is -0.398. The zero-order valence-corrected chi connectivity index (χ0v) is 12.9. The highest BCUT2D eigenvalue weighted by Crippen LogP contribution is 2.25. The Morgan fingerprint density at radius 2 is 1.95 bits per heavy atom. The molecule has 1 amide bonds. The number of benzene rings is 1. The highest BCUT2D eigenvalue weighted by atomic mass is 16.5. The van der Waals surface area contributed by atoms with Crippen LogP contribution in [0.15, 0.2) is 24.3 Å². The summed E-state index contributed by atoms with van der Waals surface area (Å²) in [5.41, 5.74) is 0.431. The molecule has 0 bridgehead atoms. The molecule has 0 saturated heterocycles. The number of ether oxygens (including phenoxy) is 1. The van der Waals surface area contributed by atoms with Gasteiger partial charge in [-0.2, -0.15) is 0 Å². The fourth-order valence-electron chi connectivity index (χ4n) is 1.70. The molecule has 1 aromatic carbocycles. The van der Waals surface area contributed by atoms with Gasteiger partial charge in [0, 0.05) is 11.1 Å². The number of amides is 1. The fraction of sp³-hybridized carbons (Fsp3) is 0.562. The zero-order valence-electron chi connectivity index (χ0n) is 12.9. The van der Waals surface area contributed by atoms with E-state index in [0.29, 0.717) is 11.3 Å². The minimum atomic E-state index is -0.631. The van der Waals surface area contributed by atoms with E-state index in [1.807, 2.05) is 32.9 Å². The first-order valence-electron chi connectivity index (χ1n) is 7.02. The maximum absolute atomic E-state index is 12.1. The maximum Gasteiger partial charge on any atom is 0.261 e. The van der Waals surface area contributed by atoms with Crippen molar-refractivity contribution >= 4 is 5.91 Å². The van der Waals surface area contributed by atoms with Crippen LogP contribution < -0.4 is 10.1 Å². The molecule has 0 spiro atoms. The Hall–Kier alpha value is -1.55. The van der Waals surface area contributed by atoms with Gasteiger partial charge in [0.05, 0.1) is 6.10 Å². The molecule has 4 heteroatoms. The van der Waals surface area contributed by atoms with Gasteiger partial charge >= 0.3 is 0 Å². The van der Waals surface area contributed by atoms with Crippen molar-refractivity contribution in [2.75, 3.05) is 0 Å². The molecule has 2 atom stereocenters. The van der Waals surface area contributed by atoms with Gasteiger partial charge in [-0.05, 0) is 40.2 Å². The van der Waals surface area contributed by atoms with E-state index >= 15 is 0 Å². The molecule has 1 unspecified atom stereocenters. The molecule has 1 aromatic rings. The third-order valence-electron chi connectivity index (χ3n) is 3.39. The summed E-state index contributed by atoms with van der Waals surface area (Å²) >= 11 is 0. The Labute approximate surface area is 121 Å². The van der Waals surface area contributed by atoms with Gasteiger partial charge < -0.3 is 15.2 Å². The first-order chi connectivity index (χ1) is 9.26. The van der Waals surface area contributed by atoms with Gasteiger partial charge in [-0.3, -0.25) is 4.79 Å². The molecule has 2 N–H and O–H groups in total. The van der Waals surface area contributed by atoms with E-state index in [-0.39, 0.29) is 11.4 Å². The predicted octanol–water partition coefficient (Wildman–Crippen LogP) is 2.81. The van der Waals surface area contributed by atoms with Gasteiger partial charge in [0.25, 0.3) is 5.91 Å². The molecular formula is C16H25NO3. The largest absolute Gasteiger partial charge is 0.481 e. The molecule has 0 aliphatic rings. The summed E-state index contributed by atoms with van der Waals surface area (Å²) in [4.78, 5) is 12.1. The summed E-state index contributed by atoms with van der Waals surface area (Å²) in [6.45, 7) is 9.35. The SMILES string of the molecule is CCC(C)(C)NC(=O)C(C)Oc1ccccc1[C@H](C)O. The van der Waals surface area contributed by atoms with Crippen LogP contribution in [-0.4, -0.2) is 22.7 Å². The minimum absolute atomic E-state index is 0.155. The zero-order chi connectivity index (χ0) is 15.3. The Morgan fingerprint density at radius 3 is 2.50 bits per heavy atom. The van der Waals surface area contributed by atoms with Crippen molar-refractivity contribution in [2.45, 2.75) is 58.8 Å². The number of hydrogen-bond acceptors (Lipinski definition) is 3. The monoisotopic (exact) mass is 279 g/mol. The normalized spacial score (nSPS) is 14.5. The second-order valence-corrected chi connectivity index (χ2v) is 5.70. The Kier molecular flexibility index (Phi) is 5.57. The Bertz CT molecular complexity index is 455. The molecule has 0 aromatic heterocycles. The Balaban J connectivity index is 2.76. The van der Waals surface area contributed by atoms with Crippen molar-refractivity contribution in [3.63, 3.8) is 0 Å². The van der Waals surface area contributed by atoms with Crippen LogP contribution in [0.3, 0.4) is 0 Å². The van der Waals surface area contributed by atoms with Gasteiger partial charge in [-0.25, -0.2) is 0 Å². The van der Waals surface area contributed by atoms with Crippen LogP contribution in [0.4, 0.5) is 0 Å². The molecule has 1 rings (SSSR count). The average Bonchev–Trinajstić information content (AvgIpc) is 2.38. The lowest BCUT2D eigenvalue weighted by atomic mass is 10.0. The number of carbonyl (C=O) groups excluding carboxylic acids is 1. The second kappa shape index (κ2) is 6.75. The number of carbonyl (C=O) groups is 1. The standard InChI is InChI=1S/C16H25NO3/c1-6-16(4,5)17-15(19)12(3)20-14-10-8-7-9-13(14)11(2)18/h7-12,18H,6H2,1-5H3,(H,17,19)/t11-,12?/m0/s1. The fourth-order valence-corrected chi connectivity index (χ4v) is 1.70. The van der Waals surface area contributed by atoms with Gasteiger partial charge in [-0.15, -0.1) is 0 Å². The highest BCUT2D eigenvalue weighted by molar-refractivity contribution is 5.81. The van der Waals surface area contributed by atoms with Crippen LogP contribution in [-0.2, 0) is 4.79 Å². The highest BCUT2D eigenvalue weighted by Gasteiger charge is 2.23. The number of para-hydroxylation sites is 1. The van der Waals surface area contributed by atoms with Crippen LogP contribution in [0.1, 0.15) is 52.7 Å². The molecule has 0 aliphatic heterocycles. The van der Waals surface area contributed by atoms with Gasteiger partial charge in [0.2, 0.25) is 0 Å². The molecule has 112 valence electrons. The van der Waals surface area contributed by atoms with Crippen molar-refractivity contribution < 1.29 is 14.6 Å². The van der Waals surface area contributed by atoms with Crippen molar-refractivity contribution in [3.8, 4) is 5.75 Å². The number of aliphatic hydroxyl groups excluding tert-OH is 1. The van der Waals surface area contributed by atoms with Crippen LogP contribution in [0.5, 0.6) is 5.75 Å². The summed E-state index contributed by atoms with van der Waals surface area (Å²) < 4.78 is 5.69. The average molecular weight is 279 g/mol. The van der Waals surface area contributed by atoms with Crippen LogP contribution in [0, 0.1) is 0 Å². The number of hydrogen-bond donors (Lipinski definition) is 2. The van der Waals surface area contributed by atoms with E-state index in [9.17, 15) is 9.90 Å². The summed E-state index contributed by atoms with van der Waals surface area (Å²) in [5, 5.41) is 12.6. The van der Waals surface area contributed by atoms with E-state index in [1.54, 1.807) is 26.0 Å². The molecule has 0 saturated carbocycles. The van der Waals surface area contributed by atoms with Crippen LogP contribution >= 0.6 is 0 Å². The number of aliphatic hydroxyl groups is 1. The topological polar surface area (TPSA) is 58.6 Å². The molecular weight excluding hydrogens is 254 g/mol. The van der Waals surface area contributed by atoms with Crippen molar-refractivity contribution in [2.24, 2.45) is 0 Å². The molecule has 20 heavy (non-hydrogen) atoms. The lowest BCUT2D eigenvalue weighted by Crippen LogP contribution is -2.48. The Morgan fingerprint density at radius 1 is 1.35 bits per heavy atom. The first kappa shape index (κ1) is 16.5.